The summed E-state index contributed by atoms with van der Waals surface area (Å²) in [5.74, 6) is -0.253. The van der Waals surface area contributed by atoms with E-state index < -0.39 is 0 Å². The highest BCUT2D eigenvalue weighted by molar-refractivity contribution is 7.13. The van der Waals surface area contributed by atoms with E-state index in [0.29, 0.717) is 11.7 Å². The van der Waals surface area contributed by atoms with E-state index in [2.05, 4.69) is 10.3 Å². The number of carbonyl (C=O) groups excluding carboxylic acids is 1. The van der Waals surface area contributed by atoms with Gasteiger partial charge in [-0.05, 0) is 18.6 Å². The van der Waals surface area contributed by atoms with Crippen LogP contribution in [0, 0.1) is 0 Å². The average molecular weight is 316 g/mol. The molecule has 6 nitrogen and oxygen atoms in total. The molecular formula is C15H16N4O2S. The van der Waals surface area contributed by atoms with Crippen LogP contribution < -0.4 is 11.0 Å². The molecule has 0 atom stereocenters. The van der Waals surface area contributed by atoms with Crippen LogP contribution in [0.15, 0.2) is 40.6 Å². The van der Waals surface area contributed by atoms with Crippen molar-refractivity contribution in [2.45, 2.75) is 26.4 Å². The van der Waals surface area contributed by atoms with E-state index in [4.69, 9.17) is 0 Å². The molecule has 1 aromatic carbocycles. The molecule has 3 rings (SSSR count). The summed E-state index contributed by atoms with van der Waals surface area (Å²) in [5.41, 5.74) is 1.48. The molecule has 3 aromatic rings. The summed E-state index contributed by atoms with van der Waals surface area (Å²) in [7, 11) is 0. The van der Waals surface area contributed by atoms with E-state index >= 15 is 0 Å². The first-order valence-electron chi connectivity index (χ1n) is 7.08. The highest BCUT2D eigenvalue weighted by atomic mass is 32.1. The van der Waals surface area contributed by atoms with Crippen LogP contribution in [0.5, 0.6) is 0 Å². The monoisotopic (exact) mass is 316 g/mol. The Balaban J connectivity index is 1.95. The molecule has 22 heavy (non-hydrogen) atoms. The van der Waals surface area contributed by atoms with Gasteiger partial charge in [-0.1, -0.05) is 19.1 Å². The minimum absolute atomic E-state index is 0.0182. The first-order chi connectivity index (χ1) is 10.7. The number of nitrogens with zero attached hydrogens (tertiary/aromatic N) is 3. The van der Waals surface area contributed by atoms with Gasteiger partial charge in [0.2, 0.25) is 5.91 Å². The summed E-state index contributed by atoms with van der Waals surface area (Å²) >= 11 is 1.35. The summed E-state index contributed by atoms with van der Waals surface area (Å²) in [6.07, 6.45) is 2.48. The second kappa shape index (κ2) is 6.15. The average Bonchev–Trinajstić information content (AvgIpc) is 3.10. The Hall–Kier alpha value is -2.41. The topological polar surface area (TPSA) is 68.9 Å². The molecule has 0 unspecified atom stereocenters. The molecule has 0 saturated heterocycles. The molecule has 7 heteroatoms. The SMILES string of the molecule is CCCn1c(=O)n(CC(=O)Nc2nccs2)c2ccccc21. The lowest BCUT2D eigenvalue weighted by Gasteiger charge is -2.03. The number of aromatic nitrogens is 3. The fraction of sp³-hybridized carbons (Fsp3) is 0.267. The van der Waals surface area contributed by atoms with E-state index in [1.165, 1.54) is 15.9 Å². The van der Waals surface area contributed by atoms with Crippen LogP contribution in [0.1, 0.15) is 13.3 Å². The number of anilines is 1. The molecule has 0 fully saturated rings. The van der Waals surface area contributed by atoms with E-state index in [9.17, 15) is 9.59 Å². The highest BCUT2D eigenvalue weighted by Gasteiger charge is 2.15. The number of imidazole rings is 1. The highest BCUT2D eigenvalue weighted by Crippen LogP contribution is 2.14. The largest absolute Gasteiger partial charge is 0.329 e. The van der Waals surface area contributed by atoms with Gasteiger partial charge in [0.25, 0.3) is 0 Å². The van der Waals surface area contributed by atoms with Crippen molar-refractivity contribution in [1.29, 1.82) is 0 Å². The number of amides is 1. The predicted molar refractivity (Wildman–Crippen MR) is 87.2 cm³/mol. The molecule has 0 spiro atoms. The third-order valence-electron chi connectivity index (χ3n) is 3.35. The standard InChI is InChI=1S/C15H16N4O2S/c1-2-8-18-11-5-3-4-6-12(11)19(15(18)21)10-13(20)17-14-16-7-9-22-14/h3-7,9H,2,8,10H2,1H3,(H,16,17,20). The van der Waals surface area contributed by atoms with Crippen molar-refractivity contribution in [3.8, 4) is 0 Å². The smallest absolute Gasteiger partial charge is 0.300 e. The number of carbonyl (C=O) groups is 1. The summed E-state index contributed by atoms with van der Waals surface area (Å²) in [5, 5.41) is 5.03. The van der Waals surface area contributed by atoms with Crippen molar-refractivity contribution in [2.75, 3.05) is 5.32 Å². The maximum absolute atomic E-state index is 12.5. The molecule has 0 aliphatic rings. The Morgan fingerprint density at radius 3 is 2.64 bits per heavy atom. The van der Waals surface area contributed by atoms with E-state index in [1.807, 2.05) is 31.2 Å². The zero-order valence-corrected chi connectivity index (χ0v) is 13.0. The fourth-order valence-electron chi connectivity index (χ4n) is 2.45. The van der Waals surface area contributed by atoms with Crippen LogP contribution in [0.25, 0.3) is 11.0 Å². The van der Waals surface area contributed by atoms with Gasteiger partial charge in [-0.3, -0.25) is 13.9 Å². The predicted octanol–water partition coefficient (Wildman–Crippen LogP) is 2.31. The third kappa shape index (κ3) is 2.67. The zero-order chi connectivity index (χ0) is 15.5. The van der Waals surface area contributed by atoms with Crippen LogP contribution in [0.3, 0.4) is 0 Å². The quantitative estimate of drug-likeness (QED) is 0.785. The first kappa shape index (κ1) is 14.5. The van der Waals surface area contributed by atoms with Crippen molar-refractivity contribution in [3.63, 3.8) is 0 Å². The number of hydrogen-bond donors (Lipinski definition) is 1. The fourth-order valence-corrected chi connectivity index (χ4v) is 3.00. The Labute approximate surface area is 131 Å². The molecule has 0 radical (unpaired) electrons. The third-order valence-corrected chi connectivity index (χ3v) is 4.04. The number of fused-ring (bicyclic) bond motifs is 1. The minimum atomic E-state index is -0.253. The molecule has 114 valence electrons. The Morgan fingerprint density at radius 2 is 2.00 bits per heavy atom. The van der Waals surface area contributed by atoms with E-state index in [1.54, 1.807) is 16.1 Å². The Morgan fingerprint density at radius 1 is 1.27 bits per heavy atom. The number of para-hydroxylation sites is 2. The number of nitrogens with one attached hydrogen (secondary N) is 1. The van der Waals surface area contributed by atoms with Gasteiger partial charge in [-0.15, -0.1) is 11.3 Å². The maximum Gasteiger partial charge on any atom is 0.329 e. The summed E-state index contributed by atoms with van der Waals surface area (Å²) in [6, 6.07) is 7.53. The minimum Gasteiger partial charge on any atom is -0.300 e. The van der Waals surface area contributed by atoms with E-state index in [-0.39, 0.29) is 18.1 Å². The van der Waals surface area contributed by atoms with Gasteiger partial charge in [0.1, 0.15) is 6.54 Å². The van der Waals surface area contributed by atoms with Crippen molar-refractivity contribution in [3.05, 3.63) is 46.3 Å². The molecule has 0 bridgehead atoms. The van der Waals surface area contributed by atoms with Crippen molar-refractivity contribution < 1.29 is 4.79 Å². The van der Waals surface area contributed by atoms with Crippen LogP contribution in [0.2, 0.25) is 0 Å². The number of benzene rings is 1. The number of thiazole rings is 1. The summed E-state index contributed by atoms with van der Waals surface area (Å²) in [6.45, 7) is 2.64. The lowest BCUT2D eigenvalue weighted by Crippen LogP contribution is -2.29. The van der Waals surface area contributed by atoms with Crippen LogP contribution >= 0.6 is 11.3 Å². The van der Waals surface area contributed by atoms with Gasteiger partial charge < -0.3 is 5.32 Å². The zero-order valence-electron chi connectivity index (χ0n) is 12.2. The summed E-state index contributed by atoms with van der Waals surface area (Å²) < 4.78 is 3.22. The van der Waals surface area contributed by atoms with Gasteiger partial charge in [0.15, 0.2) is 5.13 Å². The molecule has 0 saturated carbocycles. The van der Waals surface area contributed by atoms with Gasteiger partial charge in [0.05, 0.1) is 11.0 Å². The van der Waals surface area contributed by atoms with Gasteiger partial charge in [-0.2, -0.15) is 0 Å². The maximum atomic E-state index is 12.5. The van der Waals surface area contributed by atoms with Crippen LogP contribution in [0.4, 0.5) is 5.13 Å². The second-order valence-electron chi connectivity index (χ2n) is 4.89. The Kier molecular flexibility index (Phi) is 4.06. The lowest BCUT2D eigenvalue weighted by molar-refractivity contribution is -0.116. The lowest BCUT2D eigenvalue weighted by atomic mass is 10.3. The molecule has 2 aromatic heterocycles. The van der Waals surface area contributed by atoms with Gasteiger partial charge >= 0.3 is 5.69 Å². The molecule has 1 N–H and O–H groups in total. The van der Waals surface area contributed by atoms with Crippen molar-refractivity contribution in [2.24, 2.45) is 0 Å². The van der Waals surface area contributed by atoms with E-state index in [0.717, 1.165) is 17.5 Å². The van der Waals surface area contributed by atoms with Gasteiger partial charge in [0, 0.05) is 18.1 Å². The van der Waals surface area contributed by atoms with Crippen LogP contribution in [-0.4, -0.2) is 20.0 Å². The number of aryl methyl sites for hydroxylation is 1. The molecule has 0 aliphatic heterocycles. The number of rotatable bonds is 5. The molecule has 0 aliphatic carbocycles. The van der Waals surface area contributed by atoms with Crippen molar-refractivity contribution >= 4 is 33.4 Å². The molecular weight excluding hydrogens is 300 g/mol. The molecule has 2 heterocycles. The van der Waals surface area contributed by atoms with Crippen molar-refractivity contribution in [1.82, 2.24) is 14.1 Å². The summed E-state index contributed by atoms with van der Waals surface area (Å²) in [4.78, 5) is 28.7. The van der Waals surface area contributed by atoms with Crippen LogP contribution in [-0.2, 0) is 17.9 Å². The molecule has 1 amide bonds. The first-order valence-corrected chi connectivity index (χ1v) is 7.96. The normalized spacial score (nSPS) is 11.0. The van der Waals surface area contributed by atoms with Gasteiger partial charge in [-0.25, -0.2) is 9.78 Å². The Bertz CT molecular complexity index is 848. The second-order valence-corrected chi connectivity index (χ2v) is 5.79. The number of hydrogen-bond acceptors (Lipinski definition) is 4.